The van der Waals surface area contributed by atoms with E-state index in [0.29, 0.717) is 54.7 Å². The highest BCUT2D eigenvalue weighted by atomic mass is 32.2. The Morgan fingerprint density at radius 3 is 1.21 bits per heavy atom. The Morgan fingerprint density at radius 1 is 0.458 bits per heavy atom. The average molecular weight is 1100 g/mol. The highest BCUT2D eigenvalue weighted by Crippen LogP contribution is 2.35. The van der Waals surface area contributed by atoms with Crippen molar-refractivity contribution in [3.63, 3.8) is 0 Å². The van der Waals surface area contributed by atoms with Crippen LogP contribution in [0.2, 0.25) is 0 Å². The van der Waals surface area contributed by atoms with Crippen molar-refractivity contribution in [2.75, 3.05) is 90.6 Å². The average Bonchev–Trinajstić information content (AvgIpc) is 4.06. The fourth-order valence-corrected chi connectivity index (χ4v) is 12.4. The molecule has 0 unspecified atom stereocenters. The van der Waals surface area contributed by atoms with Gasteiger partial charge in [0.2, 0.25) is 31.7 Å². The summed E-state index contributed by atoms with van der Waals surface area (Å²) in [6, 6.07) is 10.8. The third-order valence-electron chi connectivity index (χ3n) is 11.4. The van der Waals surface area contributed by atoms with Gasteiger partial charge in [-0.15, -0.1) is 22.7 Å². The molecule has 0 bridgehead atoms. The molecule has 6 aromatic rings. The standard InChI is InChI=1S/2C22H20F5N3O4S2/c1-33-14-3-4-15(34-2)12(10-14)9-13-11-35-22(28-13)29-5-7-30(8-6-29)36(31,32)21-19(26)17(24)16(23)18(25)20(21)27;1-33-14-4-3-12(15(10-14)34-2)9-13-11-35-22(28-13)29-5-7-30(8-6-29)36(31,32)21-19(26)17(24)16(23)18(25)20(21)27/h2*3-4,10-11H,5-9H2,1-2H3. The first-order valence-corrected chi connectivity index (χ1v) is 25.6. The van der Waals surface area contributed by atoms with E-state index in [2.05, 4.69) is 9.97 Å². The monoisotopic (exact) mass is 1100 g/mol. The second-order valence-electron chi connectivity index (χ2n) is 15.5. The van der Waals surface area contributed by atoms with Crippen LogP contribution in [0.4, 0.5) is 54.2 Å². The summed E-state index contributed by atoms with van der Waals surface area (Å²) in [6.07, 6.45) is 0.920. The summed E-state index contributed by atoms with van der Waals surface area (Å²) in [5, 5.41) is 4.88. The Kier molecular flexibility index (Phi) is 16.5. The third-order valence-corrected chi connectivity index (χ3v) is 17.1. The molecule has 0 N–H and O–H groups in total. The molecule has 2 aliphatic heterocycles. The van der Waals surface area contributed by atoms with Gasteiger partial charge in [-0.3, -0.25) is 0 Å². The van der Waals surface area contributed by atoms with E-state index in [4.69, 9.17) is 18.9 Å². The number of thiazole rings is 2. The lowest BCUT2D eigenvalue weighted by Gasteiger charge is -2.33. The molecule has 14 nitrogen and oxygen atoms in total. The Labute approximate surface area is 413 Å². The largest absolute Gasteiger partial charge is 0.497 e. The molecule has 8 rings (SSSR count). The molecule has 0 saturated carbocycles. The smallest absolute Gasteiger partial charge is 0.249 e. The molecule has 0 amide bonds. The lowest BCUT2D eigenvalue weighted by molar-refractivity contribution is 0.344. The first-order chi connectivity index (χ1) is 34.2. The van der Waals surface area contributed by atoms with E-state index in [1.807, 2.05) is 22.9 Å². The van der Waals surface area contributed by atoms with Gasteiger partial charge in [-0.05, 0) is 24.3 Å². The van der Waals surface area contributed by atoms with Crippen molar-refractivity contribution in [3.8, 4) is 23.0 Å². The Bertz CT molecular complexity index is 3150. The number of piperazine rings is 2. The van der Waals surface area contributed by atoms with Crippen LogP contribution in [0, 0.1) is 58.2 Å². The number of hydrogen-bond donors (Lipinski definition) is 0. The zero-order chi connectivity index (χ0) is 52.4. The summed E-state index contributed by atoms with van der Waals surface area (Å²) in [5.41, 5.74) is 3.22. The molecule has 4 heterocycles. The summed E-state index contributed by atoms with van der Waals surface area (Å²) >= 11 is 2.66. The SMILES string of the molecule is COc1ccc(Cc2csc(N3CCN(S(=O)(=O)c4c(F)c(F)c(F)c(F)c4F)CC3)n2)c(OC)c1.COc1ccc(OC)c(Cc2csc(N3CCN(S(=O)(=O)c4c(F)c(F)c(F)c(F)c4F)CC3)n2)c1. The minimum Gasteiger partial charge on any atom is -0.497 e. The van der Waals surface area contributed by atoms with Gasteiger partial charge in [0.15, 0.2) is 66.6 Å². The van der Waals surface area contributed by atoms with Crippen molar-refractivity contribution in [2.24, 2.45) is 0 Å². The predicted molar refractivity (Wildman–Crippen MR) is 243 cm³/mol. The highest BCUT2D eigenvalue weighted by molar-refractivity contribution is 7.89. The predicted octanol–water partition coefficient (Wildman–Crippen LogP) is 7.92. The van der Waals surface area contributed by atoms with Crippen LogP contribution in [-0.2, 0) is 32.9 Å². The van der Waals surface area contributed by atoms with Crippen molar-refractivity contribution >= 4 is 53.0 Å². The van der Waals surface area contributed by atoms with Gasteiger partial charge >= 0.3 is 0 Å². The number of ether oxygens (including phenoxy) is 4. The first kappa shape index (κ1) is 53.8. The van der Waals surface area contributed by atoms with Crippen molar-refractivity contribution in [2.45, 2.75) is 22.6 Å². The molecule has 28 heteroatoms. The summed E-state index contributed by atoms with van der Waals surface area (Å²) in [4.78, 5) is 9.03. The molecular formula is C44H40F10N6O8S4. The quantitative estimate of drug-likeness (QED) is 0.0594. The molecule has 0 aliphatic carbocycles. The van der Waals surface area contributed by atoms with Gasteiger partial charge in [-0.2, -0.15) is 8.61 Å². The normalized spacial score (nSPS) is 14.8. The number of aromatic nitrogens is 2. The summed E-state index contributed by atoms with van der Waals surface area (Å²) in [6.45, 7) is -0.526. The van der Waals surface area contributed by atoms with Gasteiger partial charge in [-0.25, -0.2) is 70.7 Å². The van der Waals surface area contributed by atoms with E-state index in [1.165, 1.54) is 22.7 Å². The van der Waals surface area contributed by atoms with Gasteiger partial charge < -0.3 is 28.7 Å². The molecule has 4 aromatic carbocycles. The molecule has 2 fully saturated rings. The van der Waals surface area contributed by atoms with Crippen LogP contribution in [0.3, 0.4) is 0 Å². The topological polar surface area (TPSA) is 144 Å². The van der Waals surface area contributed by atoms with E-state index < -0.39 is 88.0 Å². The fraction of sp³-hybridized carbons (Fsp3) is 0.318. The molecule has 388 valence electrons. The molecule has 2 aliphatic rings. The van der Waals surface area contributed by atoms with Crippen LogP contribution >= 0.6 is 22.7 Å². The number of sulfonamides is 2. The minimum absolute atomic E-state index is 0.101. The lowest BCUT2D eigenvalue weighted by atomic mass is 10.1. The van der Waals surface area contributed by atoms with Gasteiger partial charge in [0.05, 0.1) is 39.8 Å². The number of anilines is 2. The van der Waals surface area contributed by atoms with Crippen molar-refractivity contribution in [3.05, 3.63) is 128 Å². The zero-order valence-corrected chi connectivity index (χ0v) is 41.3. The van der Waals surface area contributed by atoms with Gasteiger partial charge in [0, 0.05) is 93.2 Å². The molecule has 72 heavy (non-hydrogen) atoms. The van der Waals surface area contributed by atoms with Crippen LogP contribution in [-0.4, -0.2) is 116 Å². The third kappa shape index (κ3) is 10.7. The number of halogens is 10. The van der Waals surface area contributed by atoms with E-state index in [-0.39, 0.29) is 52.4 Å². The number of methoxy groups -OCH3 is 4. The Balaban J connectivity index is 0.000000211. The van der Waals surface area contributed by atoms with E-state index in [9.17, 15) is 60.7 Å². The van der Waals surface area contributed by atoms with Crippen LogP contribution < -0.4 is 28.7 Å². The number of rotatable bonds is 14. The fourth-order valence-electron chi connectivity index (χ4n) is 7.57. The zero-order valence-electron chi connectivity index (χ0n) is 38.1. The van der Waals surface area contributed by atoms with Crippen LogP contribution in [0.1, 0.15) is 22.5 Å². The van der Waals surface area contributed by atoms with Crippen LogP contribution in [0.25, 0.3) is 0 Å². The number of benzene rings is 4. The second kappa shape index (κ2) is 22.0. The number of hydrogen-bond acceptors (Lipinski definition) is 14. The van der Waals surface area contributed by atoms with Gasteiger partial charge in [0.1, 0.15) is 23.0 Å². The van der Waals surface area contributed by atoms with E-state index in [1.54, 1.807) is 62.5 Å². The van der Waals surface area contributed by atoms with E-state index in [0.717, 1.165) is 22.5 Å². The first-order valence-electron chi connectivity index (χ1n) is 21.0. The Morgan fingerprint density at radius 2 is 0.819 bits per heavy atom. The summed E-state index contributed by atoms with van der Waals surface area (Å²) < 4.78 is 211. The van der Waals surface area contributed by atoms with Crippen molar-refractivity contribution < 1.29 is 79.7 Å². The van der Waals surface area contributed by atoms with Crippen molar-refractivity contribution in [1.29, 1.82) is 0 Å². The minimum atomic E-state index is -4.97. The molecule has 0 atom stereocenters. The number of nitrogens with zero attached hydrogens (tertiary/aromatic N) is 6. The van der Waals surface area contributed by atoms with Crippen LogP contribution in [0.15, 0.2) is 56.9 Å². The molecular weight excluding hydrogens is 1060 g/mol. The van der Waals surface area contributed by atoms with Gasteiger partial charge in [-0.1, -0.05) is 6.07 Å². The van der Waals surface area contributed by atoms with Crippen LogP contribution in [0.5, 0.6) is 23.0 Å². The van der Waals surface area contributed by atoms with E-state index >= 15 is 0 Å². The van der Waals surface area contributed by atoms with Gasteiger partial charge in [0.25, 0.3) is 0 Å². The molecule has 2 aromatic heterocycles. The molecule has 0 radical (unpaired) electrons. The maximum Gasteiger partial charge on any atom is 0.249 e. The maximum absolute atomic E-state index is 14.1. The summed E-state index contributed by atoms with van der Waals surface area (Å²) in [5.74, 6) is -21.0. The highest BCUT2D eigenvalue weighted by Gasteiger charge is 2.40. The summed E-state index contributed by atoms with van der Waals surface area (Å²) in [7, 11) is -3.74. The maximum atomic E-state index is 14.1. The molecule has 2 saturated heterocycles. The Hall–Kier alpha value is -5.94. The van der Waals surface area contributed by atoms with Crippen molar-refractivity contribution in [1.82, 2.24) is 18.6 Å². The second-order valence-corrected chi connectivity index (χ2v) is 21.0. The lowest BCUT2D eigenvalue weighted by Crippen LogP contribution is -2.49. The molecule has 0 spiro atoms.